The minimum atomic E-state index is -3.94. The van der Waals surface area contributed by atoms with Gasteiger partial charge in [0.25, 0.3) is 0 Å². The third-order valence-electron chi connectivity index (χ3n) is 3.59. The number of methoxy groups -OCH3 is 2. The van der Waals surface area contributed by atoms with Gasteiger partial charge in [-0.05, 0) is 45.0 Å². The van der Waals surface area contributed by atoms with Crippen LogP contribution >= 0.6 is 7.60 Å². The highest BCUT2D eigenvalue weighted by Crippen LogP contribution is 2.55. The zero-order valence-corrected chi connectivity index (χ0v) is 15.7. The number of aromatic nitrogens is 1. The molecular weight excluding hydrogens is 345 g/mol. The molecule has 0 saturated carbocycles. The number of pyridine rings is 1. The maximum absolute atomic E-state index is 12.5. The van der Waals surface area contributed by atoms with E-state index in [-0.39, 0.29) is 23.0 Å². The van der Waals surface area contributed by atoms with Crippen LogP contribution in [0.3, 0.4) is 0 Å². The number of phenols is 1. The molecule has 1 heterocycles. The minimum Gasteiger partial charge on any atom is -0.502 e. The molecule has 1 aromatic heterocycles. The van der Waals surface area contributed by atoms with E-state index in [0.717, 1.165) is 0 Å². The molecule has 0 fully saturated rings. The molecule has 0 amide bonds. The van der Waals surface area contributed by atoms with E-state index in [9.17, 15) is 14.6 Å². The van der Waals surface area contributed by atoms with E-state index in [2.05, 4.69) is 4.98 Å². The molecule has 0 aliphatic carbocycles. The molecule has 25 heavy (non-hydrogen) atoms. The topological polar surface area (TPSA) is 98.1 Å². The number of hydrogen-bond acceptors (Lipinski definition) is 6. The highest BCUT2D eigenvalue weighted by Gasteiger charge is 2.38. The van der Waals surface area contributed by atoms with Crippen molar-refractivity contribution in [2.75, 3.05) is 14.2 Å². The predicted molar refractivity (Wildman–Crippen MR) is 94.6 cm³/mol. The van der Waals surface area contributed by atoms with Crippen molar-refractivity contribution >= 4 is 7.60 Å². The Labute approximate surface area is 146 Å². The zero-order chi connectivity index (χ0) is 18.8. The van der Waals surface area contributed by atoms with Crippen molar-refractivity contribution in [2.24, 2.45) is 0 Å². The summed E-state index contributed by atoms with van der Waals surface area (Å²) in [6.07, 6.45) is 1.54. The fraction of sp³-hybridized carbons (Fsp3) is 0.353. The number of aromatic hydroxyl groups is 1. The van der Waals surface area contributed by atoms with Crippen LogP contribution < -0.4 is 14.0 Å². The lowest BCUT2D eigenvalue weighted by Gasteiger charge is -2.26. The second-order valence-corrected chi connectivity index (χ2v) is 8.93. The number of benzene rings is 1. The van der Waals surface area contributed by atoms with Gasteiger partial charge in [0.2, 0.25) is 5.75 Å². The Morgan fingerprint density at radius 1 is 1.08 bits per heavy atom. The summed E-state index contributed by atoms with van der Waals surface area (Å²) in [4.78, 5) is 14.5. The summed E-state index contributed by atoms with van der Waals surface area (Å²) in [5, 5.41) is 9.08. The van der Waals surface area contributed by atoms with Crippen LogP contribution in [0.4, 0.5) is 0 Å². The molecule has 7 nitrogen and oxygen atoms in total. The number of hydrogen-bond donors (Lipinski definition) is 2. The van der Waals surface area contributed by atoms with Gasteiger partial charge in [-0.2, -0.15) is 0 Å². The molecule has 0 bridgehead atoms. The summed E-state index contributed by atoms with van der Waals surface area (Å²) in [6.45, 7) is 4.86. The van der Waals surface area contributed by atoms with Crippen molar-refractivity contribution in [3.8, 4) is 34.3 Å². The second-order valence-electron chi connectivity index (χ2n) is 6.36. The van der Waals surface area contributed by atoms with Crippen molar-refractivity contribution in [1.82, 2.24) is 4.98 Å². The van der Waals surface area contributed by atoms with E-state index >= 15 is 0 Å². The van der Waals surface area contributed by atoms with Gasteiger partial charge >= 0.3 is 7.60 Å². The van der Waals surface area contributed by atoms with E-state index in [1.165, 1.54) is 20.4 Å². The lowest BCUT2D eigenvalue weighted by atomic mass is 10.1. The number of nitrogens with zero attached hydrogens (tertiary/aromatic N) is 1. The van der Waals surface area contributed by atoms with Gasteiger partial charge in [0, 0.05) is 11.8 Å². The van der Waals surface area contributed by atoms with Gasteiger partial charge in [-0.15, -0.1) is 0 Å². The summed E-state index contributed by atoms with van der Waals surface area (Å²) in [6, 6.07) is 6.26. The molecule has 1 atom stereocenters. The Kier molecular flexibility index (Phi) is 5.30. The molecule has 8 heteroatoms. The lowest BCUT2D eigenvalue weighted by Crippen LogP contribution is -2.18. The van der Waals surface area contributed by atoms with Gasteiger partial charge in [-0.25, -0.2) is 4.57 Å². The Balaban J connectivity index is 2.57. The van der Waals surface area contributed by atoms with Crippen LogP contribution in [0, 0.1) is 0 Å². The quantitative estimate of drug-likeness (QED) is 0.775. The van der Waals surface area contributed by atoms with Gasteiger partial charge in [0.1, 0.15) is 5.69 Å². The van der Waals surface area contributed by atoms with Crippen LogP contribution in [0.15, 0.2) is 30.5 Å². The Hall–Kier alpha value is -2.24. The van der Waals surface area contributed by atoms with Gasteiger partial charge in [0.05, 0.1) is 19.4 Å². The number of phenolic OH excluding ortho intramolecular Hbond substituents is 1. The fourth-order valence-corrected chi connectivity index (χ4v) is 2.67. The molecule has 0 radical (unpaired) electrons. The summed E-state index contributed by atoms with van der Waals surface area (Å²) >= 11 is 0. The van der Waals surface area contributed by atoms with Gasteiger partial charge in [-0.1, -0.05) is 0 Å². The first-order valence-corrected chi connectivity index (χ1v) is 9.11. The Morgan fingerprint density at radius 2 is 1.64 bits per heavy atom. The SMILES string of the molecule is COc1cc(-c2ncccc2OP(=O)(O)C(C)(C)C)cc(OC)c1O. The zero-order valence-electron chi connectivity index (χ0n) is 14.8. The first-order valence-electron chi connectivity index (χ1n) is 7.53. The summed E-state index contributed by atoms with van der Waals surface area (Å²) in [5.41, 5.74) is 0.841. The van der Waals surface area contributed by atoms with E-state index in [1.807, 2.05) is 0 Å². The van der Waals surface area contributed by atoms with Crippen molar-refractivity contribution in [3.63, 3.8) is 0 Å². The van der Waals surface area contributed by atoms with E-state index in [0.29, 0.717) is 11.3 Å². The van der Waals surface area contributed by atoms with Crippen LogP contribution in [0.5, 0.6) is 23.0 Å². The first-order chi connectivity index (χ1) is 11.6. The van der Waals surface area contributed by atoms with Crippen LogP contribution in [-0.4, -0.2) is 34.4 Å². The largest absolute Gasteiger partial charge is 0.502 e. The molecule has 1 unspecified atom stereocenters. The fourth-order valence-electron chi connectivity index (χ4n) is 1.98. The van der Waals surface area contributed by atoms with E-state index in [4.69, 9.17) is 14.0 Å². The van der Waals surface area contributed by atoms with Crippen molar-refractivity contribution in [2.45, 2.75) is 25.9 Å². The highest BCUT2D eigenvalue weighted by atomic mass is 31.2. The monoisotopic (exact) mass is 367 g/mol. The lowest BCUT2D eigenvalue weighted by molar-refractivity contribution is 0.340. The average Bonchev–Trinajstić information content (AvgIpc) is 2.54. The maximum atomic E-state index is 12.5. The molecule has 0 saturated heterocycles. The molecule has 2 rings (SSSR count). The minimum absolute atomic E-state index is 0.144. The van der Waals surface area contributed by atoms with Gasteiger partial charge in [0.15, 0.2) is 17.2 Å². The molecule has 1 aromatic carbocycles. The van der Waals surface area contributed by atoms with Crippen LogP contribution in [0.2, 0.25) is 0 Å². The summed E-state index contributed by atoms with van der Waals surface area (Å²) in [5.74, 6) is 0.385. The molecule has 0 aliphatic heterocycles. The summed E-state index contributed by atoms with van der Waals surface area (Å²) in [7, 11) is -1.12. The normalized spacial score (nSPS) is 13.8. The van der Waals surface area contributed by atoms with Crippen LogP contribution in [0.25, 0.3) is 11.3 Å². The van der Waals surface area contributed by atoms with Crippen molar-refractivity contribution < 1.29 is 28.6 Å². The second kappa shape index (κ2) is 6.94. The molecule has 0 aliphatic rings. The number of ether oxygens (including phenoxy) is 2. The molecule has 136 valence electrons. The Morgan fingerprint density at radius 3 is 2.12 bits per heavy atom. The standard InChI is InChI=1S/C17H22NO6P/c1-17(2,3)25(20,21)24-12-7-6-8-18-15(12)11-9-13(22-4)16(19)14(10-11)23-5/h6-10,19H,1-5H3,(H,20,21). The van der Waals surface area contributed by atoms with Crippen LogP contribution in [-0.2, 0) is 4.57 Å². The maximum Gasteiger partial charge on any atom is 0.381 e. The molecule has 2 N–H and O–H groups in total. The smallest absolute Gasteiger partial charge is 0.381 e. The highest BCUT2D eigenvalue weighted by molar-refractivity contribution is 7.54. The predicted octanol–water partition coefficient (Wildman–Crippen LogP) is 3.83. The van der Waals surface area contributed by atoms with Crippen molar-refractivity contribution in [1.29, 1.82) is 0 Å². The number of rotatable bonds is 5. The summed E-state index contributed by atoms with van der Waals surface area (Å²) < 4.78 is 28.2. The molecular formula is C17H22NO6P. The first kappa shape index (κ1) is 19.1. The van der Waals surface area contributed by atoms with E-state index < -0.39 is 12.8 Å². The Bertz CT molecular complexity index is 790. The average molecular weight is 367 g/mol. The van der Waals surface area contributed by atoms with Crippen molar-refractivity contribution in [3.05, 3.63) is 30.5 Å². The van der Waals surface area contributed by atoms with Gasteiger partial charge < -0.3 is 24.0 Å². The van der Waals surface area contributed by atoms with Gasteiger partial charge in [-0.3, -0.25) is 4.98 Å². The van der Waals surface area contributed by atoms with Crippen LogP contribution in [0.1, 0.15) is 20.8 Å². The van der Waals surface area contributed by atoms with E-state index in [1.54, 1.807) is 45.0 Å². The molecule has 0 spiro atoms. The third-order valence-corrected chi connectivity index (χ3v) is 5.73. The molecule has 2 aromatic rings. The third kappa shape index (κ3) is 3.89.